The van der Waals surface area contributed by atoms with E-state index >= 15 is 0 Å². The molecule has 4 nitrogen and oxygen atoms in total. The smallest absolute Gasteiger partial charge is 0.223 e. The number of likely N-dealkylation sites (tertiary alicyclic amines) is 1. The number of hydrogen-bond donors (Lipinski definition) is 1. The number of amides is 1. The summed E-state index contributed by atoms with van der Waals surface area (Å²) in [5.41, 5.74) is 1.94. The van der Waals surface area contributed by atoms with Crippen LogP contribution in [0.25, 0.3) is 0 Å². The molecule has 1 aromatic heterocycles. The summed E-state index contributed by atoms with van der Waals surface area (Å²) in [4.78, 5) is 19.0. The van der Waals surface area contributed by atoms with Gasteiger partial charge in [-0.25, -0.2) is 9.37 Å². The monoisotopic (exact) mass is 361 g/mol. The molecule has 2 heterocycles. The maximum absolute atomic E-state index is 13.4. The van der Waals surface area contributed by atoms with Gasteiger partial charge in [-0.2, -0.15) is 0 Å². The number of thiazole rings is 1. The zero-order chi connectivity index (χ0) is 17.8. The largest absolute Gasteiger partial charge is 0.302 e. The molecule has 134 valence electrons. The van der Waals surface area contributed by atoms with Gasteiger partial charge in [0.15, 0.2) is 5.13 Å². The molecule has 6 heteroatoms. The van der Waals surface area contributed by atoms with Crippen LogP contribution in [0.4, 0.5) is 9.52 Å². The predicted molar refractivity (Wildman–Crippen MR) is 99.3 cm³/mol. The fourth-order valence-corrected chi connectivity index (χ4v) is 4.34. The average Bonchev–Trinajstić information content (AvgIpc) is 2.97. The van der Waals surface area contributed by atoms with Crippen molar-refractivity contribution in [1.82, 2.24) is 9.88 Å². The van der Waals surface area contributed by atoms with Gasteiger partial charge < -0.3 is 5.32 Å². The topological polar surface area (TPSA) is 45.2 Å². The van der Waals surface area contributed by atoms with Gasteiger partial charge in [-0.1, -0.05) is 12.1 Å². The third kappa shape index (κ3) is 5.09. The Bertz CT molecular complexity index is 746. The molecule has 1 aliphatic rings. The van der Waals surface area contributed by atoms with Crippen molar-refractivity contribution in [3.8, 4) is 0 Å². The van der Waals surface area contributed by atoms with Gasteiger partial charge >= 0.3 is 0 Å². The minimum atomic E-state index is -0.130. The van der Waals surface area contributed by atoms with E-state index < -0.39 is 0 Å². The standard InChI is InChI=1S/C19H24FN3OS/c1-13-8-15(5-6-18(13)20)9-16-4-3-7-23(11-16)12-17-10-21-19(25-17)22-14(2)24/h5-6,8,10,16H,3-4,7,9,11-12H2,1-2H3,(H,21,22,24). The number of carbonyl (C=O) groups is 1. The summed E-state index contributed by atoms with van der Waals surface area (Å²) < 4.78 is 13.4. The molecular formula is C19H24FN3OS. The van der Waals surface area contributed by atoms with E-state index in [4.69, 9.17) is 0 Å². The van der Waals surface area contributed by atoms with Gasteiger partial charge in [-0.05, 0) is 55.8 Å². The van der Waals surface area contributed by atoms with E-state index in [1.165, 1.54) is 41.5 Å². The number of nitrogens with one attached hydrogen (secondary N) is 1. The lowest BCUT2D eigenvalue weighted by molar-refractivity contribution is -0.114. The molecule has 0 aliphatic carbocycles. The first-order chi connectivity index (χ1) is 12.0. The number of benzene rings is 1. The van der Waals surface area contributed by atoms with Gasteiger partial charge in [0.1, 0.15) is 5.82 Å². The summed E-state index contributed by atoms with van der Waals surface area (Å²) in [5.74, 6) is 0.379. The Morgan fingerprint density at radius 1 is 1.48 bits per heavy atom. The number of aromatic nitrogens is 1. The summed E-state index contributed by atoms with van der Waals surface area (Å²) in [7, 11) is 0. The first-order valence-electron chi connectivity index (χ1n) is 8.69. The second-order valence-electron chi connectivity index (χ2n) is 6.84. The number of aryl methyl sites for hydroxylation is 1. The van der Waals surface area contributed by atoms with Crippen LogP contribution in [0.5, 0.6) is 0 Å². The van der Waals surface area contributed by atoms with Crippen LogP contribution in [-0.2, 0) is 17.8 Å². The molecule has 0 bridgehead atoms. The third-order valence-corrected chi connectivity index (χ3v) is 5.46. The van der Waals surface area contributed by atoms with Crippen molar-refractivity contribution in [3.63, 3.8) is 0 Å². The maximum Gasteiger partial charge on any atom is 0.223 e. The predicted octanol–water partition coefficient (Wildman–Crippen LogP) is 4.00. The molecule has 1 N–H and O–H groups in total. The van der Waals surface area contributed by atoms with E-state index in [0.29, 0.717) is 11.0 Å². The van der Waals surface area contributed by atoms with Gasteiger partial charge in [0, 0.05) is 31.1 Å². The summed E-state index contributed by atoms with van der Waals surface area (Å²) in [6, 6.07) is 5.45. The van der Waals surface area contributed by atoms with E-state index in [0.717, 1.165) is 31.6 Å². The SMILES string of the molecule is CC(=O)Nc1ncc(CN2CCCC(Cc3ccc(F)c(C)c3)C2)s1. The normalized spacial score (nSPS) is 18.3. The molecule has 3 rings (SSSR count). The molecule has 0 radical (unpaired) electrons. The number of hydrogen-bond acceptors (Lipinski definition) is 4. The highest BCUT2D eigenvalue weighted by molar-refractivity contribution is 7.15. The molecule has 25 heavy (non-hydrogen) atoms. The number of nitrogens with zero attached hydrogens (tertiary/aromatic N) is 2. The highest BCUT2D eigenvalue weighted by Gasteiger charge is 2.21. The molecule has 0 spiro atoms. The summed E-state index contributed by atoms with van der Waals surface area (Å²) in [6.45, 7) is 6.32. The lowest BCUT2D eigenvalue weighted by atomic mass is 9.91. The van der Waals surface area contributed by atoms with Gasteiger partial charge in [0.05, 0.1) is 0 Å². The lowest BCUT2D eigenvalue weighted by Gasteiger charge is -2.32. The van der Waals surface area contributed by atoms with E-state index in [2.05, 4.69) is 15.2 Å². The Kier molecular flexibility index (Phi) is 5.81. The number of halogens is 1. The minimum absolute atomic E-state index is 0.0893. The number of piperidine rings is 1. The molecule has 1 unspecified atom stereocenters. The van der Waals surface area contributed by atoms with Crippen molar-refractivity contribution >= 4 is 22.4 Å². The van der Waals surface area contributed by atoms with Gasteiger partial charge in [0.2, 0.25) is 5.91 Å². The van der Waals surface area contributed by atoms with E-state index in [1.807, 2.05) is 25.3 Å². The molecule has 2 aromatic rings. The number of anilines is 1. The van der Waals surface area contributed by atoms with Crippen LogP contribution >= 0.6 is 11.3 Å². The van der Waals surface area contributed by atoms with Crippen LogP contribution in [0.15, 0.2) is 24.4 Å². The third-order valence-electron chi connectivity index (χ3n) is 4.57. The van der Waals surface area contributed by atoms with Crippen molar-refractivity contribution in [2.45, 2.75) is 39.7 Å². The number of rotatable bonds is 5. The Hall–Kier alpha value is -1.79. The van der Waals surface area contributed by atoms with E-state index in [9.17, 15) is 9.18 Å². The van der Waals surface area contributed by atoms with Crippen LogP contribution in [0.1, 0.15) is 35.8 Å². The van der Waals surface area contributed by atoms with E-state index in [-0.39, 0.29) is 11.7 Å². The molecule has 1 atom stereocenters. The Labute approximate surface area is 152 Å². The fraction of sp³-hybridized carbons (Fsp3) is 0.474. The molecule has 1 saturated heterocycles. The van der Waals surface area contributed by atoms with Crippen molar-refractivity contribution in [1.29, 1.82) is 0 Å². The van der Waals surface area contributed by atoms with Gasteiger partial charge in [-0.3, -0.25) is 9.69 Å². The Balaban J connectivity index is 1.56. The van der Waals surface area contributed by atoms with Crippen molar-refractivity contribution in [3.05, 3.63) is 46.2 Å². The quantitative estimate of drug-likeness (QED) is 0.875. The summed E-state index contributed by atoms with van der Waals surface area (Å²) >= 11 is 1.54. The zero-order valence-corrected chi connectivity index (χ0v) is 15.5. The molecule has 0 saturated carbocycles. The lowest BCUT2D eigenvalue weighted by Crippen LogP contribution is -2.35. The molecule has 1 amide bonds. The van der Waals surface area contributed by atoms with Crippen molar-refractivity contribution < 1.29 is 9.18 Å². The van der Waals surface area contributed by atoms with Gasteiger partial charge in [0.25, 0.3) is 0 Å². The van der Waals surface area contributed by atoms with Crippen LogP contribution < -0.4 is 5.32 Å². The zero-order valence-electron chi connectivity index (χ0n) is 14.7. The highest BCUT2D eigenvalue weighted by Crippen LogP contribution is 2.25. The second-order valence-corrected chi connectivity index (χ2v) is 7.96. The Morgan fingerprint density at radius 2 is 2.32 bits per heavy atom. The van der Waals surface area contributed by atoms with Crippen molar-refractivity contribution in [2.24, 2.45) is 5.92 Å². The Morgan fingerprint density at radius 3 is 3.08 bits per heavy atom. The fourth-order valence-electron chi connectivity index (χ4n) is 3.44. The molecular weight excluding hydrogens is 337 g/mol. The maximum atomic E-state index is 13.4. The van der Waals surface area contributed by atoms with Gasteiger partial charge in [-0.15, -0.1) is 11.3 Å². The first-order valence-corrected chi connectivity index (χ1v) is 9.51. The van der Waals surface area contributed by atoms with Crippen LogP contribution in [0.2, 0.25) is 0 Å². The molecule has 1 fully saturated rings. The average molecular weight is 361 g/mol. The number of carbonyl (C=O) groups excluding carboxylic acids is 1. The van der Waals surface area contributed by atoms with Crippen LogP contribution in [0, 0.1) is 18.7 Å². The summed E-state index contributed by atoms with van der Waals surface area (Å²) in [5, 5.41) is 3.40. The van der Waals surface area contributed by atoms with Crippen LogP contribution in [0.3, 0.4) is 0 Å². The molecule has 1 aromatic carbocycles. The van der Waals surface area contributed by atoms with E-state index in [1.54, 1.807) is 6.07 Å². The molecule has 1 aliphatic heterocycles. The second kappa shape index (κ2) is 8.06. The highest BCUT2D eigenvalue weighted by atomic mass is 32.1. The van der Waals surface area contributed by atoms with Crippen LogP contribution in [-0.4, -0.2) is 28.9 Å². The summed E-state index contributed by atoms with van der Waals surface area (Å²) in [6.07, 6.45) is 5.25. The minimum Gasteiger partial charge on any atom is -0.302 e. The first kappa shape index (κ1) is 18.0. The van der Waals surface area contributed by atoms with Crippen molar-refractivity contribution in [2.75, 3.05) is 18.4 Å².